The summed E-state index contributed by atoms with van der Waals surface area (Å²) in [6.07, 6.45) is 2.36. The molecule has 0 unspecified atom stereocenters. The van der Waals surface area contributed by atoms with Crippen LogP contribution in [0.5, 0.6) is 5.75 Å². The predicted octanol–water partition coefficient (Wildman–Crippen LogP) is 3.44. The molecule has 6 nitrogen and oxygen atoms in total. The number of para-hydroxylation sites is 1. The third kappa shape index (κ3) is 6.24. The van der Waals surface area contributed by atoms with E-state index < -0.39 is 5.97 Å². The van der Waals surface area contributed by atoms with Gasteiger partial charge in [0.15, 0.2) is 6.61 Å². The van der Waals surface area contributed by atoms with Gasteiger partial charge < -0.3 is 19.5 Å². The van der Waals surface area contributed by atoms with Gasteiger partial charge in [-0.2, -0.15) is 0 Å². The third-order valence-electron chi connectivity index (χ3n) is 4.56. The Morgan fingerprint density at radius 2 is 1.97 bits per heavy atom. The lowest BCUT2D eigenvalue weighted by atomic mass is 10.2. The van der Waals surface area contributed by atoms with E-state index in [0.717, 1.165) is 35.7 Å². The largest absolute Gasteiger partial charge is 0.496 e. The van der Waals surface area contributed by atoms with E-state index >= 15 is 0 Å². The first kappa shape index (κ1) is 21.2. The van der Waals surface area contributed by atoms with Crippen molar-refractivity contribution in [3.8, 4) is 5.75 Å². The summed E-state index contributed by atoms with van der Waals surface area (Å²) in [5.41, 5.74) is 1.32. The van der Waals surface area contributed by atoms with Crippen molar-refractivity contribution in [2.45, 2.75) is 30.4 Å². The quantitative estimate of drug-likeness (QED) is 0.500. The normalized spacial score (nSPS) is 15.7. The molecule has 1 amide bonds. The van der Waals surface area contributed by atoms with Crippen LogP contribution >= 0.6 is 11.8 Å². The van der Waals surface area contributed by atoms with Gasteiger partial charge in [0, 0.05) is 29.4 Å². The zero-order valence-corrected chi connectivity index (χ0v) is 17.2. The Labute approximate surface area is 174 Å². The number of thioether (sulfide) groups is 1. The maximum atomic E-state index is 12.5. The lowest BCUT2D eigenvalue weighted by molar-refractivity contribution is -0.124. The molecule has 0 aliphatic carbocycles. The monoisotopic (exact) mass is 415 g/mol. The molecule has 1 heterocycles. The second-order valence-electron chi connectivity index (χ2n) is 6.61. The Hall–Kier alpha value is -2.51. The van der Waals surface area contributed by atoms with Crippen molar-refractivity contribution in [3.63, 3.8) is 0 Å². The molecule has 7 heteroatoms. The van der Waals surface area contributed by atoms with Crippen LogP contribution in [0.2, 0.25) is 0 Å². The lowest BCUT2D eigenvalue weighted by Crippen LogP contribution is -2.28. The molecule has 3 rings (SSSR count). The average molecular weight is 416 g/mol. The molecule has 154 valence electrons. The van der Waals surface area contributed by atoms with Gasteiger partial charge in [-0.3, -0.25) is 4.79 Å². The first-order valence-corrected chi connectivity index (χ1v) is 10.5. The van der Waals surface area contributed by atoms with Crippen LogP contribution in [-0.4, -0.2) is 44.1 Å². The lowest BCUT2D eigenvalue weighted by Gasteiger charge is -2.12. The number of hydrogen-bond acceptors (Lipinski definition) is 6. The van der Waals surface area contributed by atoms with Crippen LogP contribution in [0.1, 0.15) is 28.8 Å². The molecular formula is C22H25NO5S. The molecule has 2 aromatic rings. The fourth-order valence-electron chi connectivity index (χ4n) is 3.02. The second kappa shape index (κ2) is 10.9. The van der Waals surface area contributed by atoms with Crippen molar-refractivity contribution in [1.29, 1.82) is 0 Å². The first-order valence-electron chi connectivity index (χ1n) is 9.56. The molecule has 0 aromatic heterocycles. The van der Waals surface area contributed by atoms with Crippen LogP contribution in [-0.2, 0) is 20.8 Å². The molecule has 0 radical (unpaired) electrons. The molecule has 1 aliphatic heterocycles. The van der Waals surface area contributed by atoms with E-state index in [0.29, 0.717) is 17.9 Å². The highest BCUT2D eigenvalue weighted by Crippen LogP contribution is 2.27. The fourth-order valence-corrected chi connectivity index (χ4v) is 4.13. The number of carbonyl (C=O) groups excluding carboxylic acids is 2. The zero-order valence-electron chi connectivity index (χ0n) is 16.4. The summed E-state index contributed by atoms with van der Waals surface area (Å²) in [7, 11) is 1.58. The van der Waals surface area contributed by atoms with Gasteiger partial charge in [0.05, 0.1) is 18.8 Å². The van der Waals surface area contributed by atoms with Gasteiger partial charge >= 0.3 is 5.97 Å². The van der Waals surface area contributed by atoms with Crippen LogP contribution in [0.3, 0.4) is 0 Å². The van der Waals surface area contributed by atoms with Gasteiger partial charge in [-0.25, -0.2) is 4.79 Å². The van der Waals surface area contributed by atoms with Crippen LogP contribution in [0, 0.1) is 0 Å². The Balaban J connectivity index is 1.49. The number of methoxy groups -OCH3 is 1. The Morgan fingerprint density at radius 1 is 1.17 bits per heavy atom. The van der Waals surface area contributed by atoms with Gasteiger partial charge in [0.2, 0.25) is 0 Å². The topological polar surface area (TPSA) is 73.9 Å². The van der Waals surface area contributed by atoms with Gasteiger partial charge in [0.1, 0.15) is 5.75 Å². The summed E-state index contributed by atoms with van der Waals surface area (Å²) in [5.74, 6) is 0.618. The molecule has 1 N–H and O–H groups in total. The van der Waals surface area contributed by atoms with Crippen molar-refractivity contribution in [3.05, 3.63) is 59.7 Å². The minimum Gasteiger partial charge on any atom is -0.496 e. The molecule has 0 spiro atoms. The highest BCUT2D eigenvalue weighted by Gasteiger charge is 2.19. The summed E-state index contributed by atoms with van der Waals surface area (Å²) < 4.78 is 16.1. The van der Waals surface area contributed by atoms with Crippen LogP contribution in [0.25, 0.3) is 0 Å². The molecule has 0 bridgehead atoms. The van der Waals surface area contributed by atoms with E-state index in [1.165, 1.54) is 0 Å². The molecule has 1 saturated heterocycles. The number of amides is 1. The van der Waals surface area contributed by atoms with Gasteiger partial charge in [-0.1, -0.05) is 30.3 Å². The number of rotatable bonds is 9. The SMILES string of the molecule is COc1ccccc1CNC(=O)COC(=O)c1ccccc1SC[C@@H]1CCCO1. The smallest absolute Gasteiger partial charge is 0.339 e. The highest BCUT2D eigenvalue weighted by atomic mass is 32.2. The molecule has 29 heavy (non-hydrogen) atoms. The standard InChI is InChI=1S/C22H25NO5S/c1-26-19-10-4-2-7-16(19)13-23-21(24)14-28-22(25)18-9-3-5-11-20(18)29-15-17-8-6-12-27-17/h2-5,7,9-11,17H,6,8,12-15H2,1H3,(H,23,24)/t17-/m0/s1. The van der Waals surface area contributed by atoms with E-state index in [9.17, 15) is 9.59 Å². The maximum Gasteiger partial charge on any atom is 0.339 e. The summed E-state index contributed by atoms with van der Waals surface area (Å²) in [6.45, 7) is 0.770. The van der Waals surface area contributed by atoms with Crippen molar-refractivity contribution in [2.75, 3.05) is 26.1 Å². The van der Waals surface area contributed by atoms with E-state index in [-0.39, 0.29) is 18.6 Å². The van der Waals surface area contributed by atoms with E-state index in [4.69, 9.17) is 14.2 Å². The number of carbonyl (C=O) groups is 2. The summed E-state index contributed by atoms with van der Waals surface area (Å²) in [4.78, 5) is 25.4. The summed E-state index contributed by atoms with van der Waals surface area (Å²) >= 11 is 1.58. The van der Waals surface area contributed by atoms with Crippen molar-refractivity contribution in [1.82, 2.24) is 5.32 Å². The Morgan fingerprint density at radius 3 is 2.76 bits per heavy atom. The molecule has 1 atom stereocenters. The van der Waals surface area contributed by atoms with Gasteiger partial charge in [-0.15, -0.1) is 11.8 Å². The predicted molar refractivity (Wildman–Crippen MR) is 111 cm³/mol. The fraction of sp³-hybridized carbons (Fsp3) is 0.364. The number of hydrogen-bond donors (Lipinski definition) is 1. The molecule has 0 saturated carbocycles. The zero-order chi connectivity index (χ0) is 20.5. The van der Waals surface area contributed by atoms with E-state index in [1.807, 2.05) is 36.4 Å². The minimum atomic E-state index is -0.507. The number of ether oxygens (including phenoxy) is 3. The van der Waals surface area contributed by atoms with E-state index in [1.54, 1.807) is 31.0 Å². The molecular weight excluding hydrogens is 390 g/mol. The molecule has 1 aliphatic rings. The van der Waals surface area contributed by atoms with Crippen molar-refractivity contribution < 1.29 is 23.8 Å². The Kier molecular flexibility index (Phi) is 7.95. The van der Waals surface area contributed by atoms with Crippen LogP contribution in [0.4, 0.5) is 0 Å². The van der Waals surface area contributed by atoms with Crippen LogP contribution < -0.4 is 10.1 Å². The number of nitrogens with one attached hydrogen (secondary N) is 1. The minimum absolute atomic E-state index is 0.227. The maximum absolute atomic E-state index is 12.5. The molecule has 2 aromatic carbocycles. The number of benzene rings is 2. The average Bonchev–Trinajstić information content (AvgIpc) is 3.28. The van der Waals surface area contributed by atoms with Crippen LogP contribution in [0.15, 0.2) is 53.4 Å². The van der Waals surface area contributed by atoms with Crippen molar-refractivity contribution in [2.24, 2.45) is 0 Å². The summed E-state index contributed by atoms with van der Waals surface area (Å²) in [5, 5.41) is 2.74. The Bertz CT molecular complexity index is 835. The van der Waals surface area contributed by atoms with E-state index in [2.05, 4.69) is 5.32 Å². The summed E-state index contributed by atoms with van der Waals surface area (Å²) in [6, 6.07) is 14.7. The van der Waals surface area contributed by atoms with Gasteiger partial charge in [-0.05, 0) is 31.0 Å². The third-order valence-corrected chi connectivity index (χ3v) is 5.76. The molecule has 1 fully saturated rings. The first-order chi connectivity index (χ1) is 14.2. The second-order valence-corrected chi connectivity index (χ2v) is 7.67. The highest BCUT2D eigenvalue weighted by molar-refractivity contribution is 7.99. The van der Waals surface area contributed by atoms with Gasteiger partial charge in [0.25, 0.3) is 5.91 Å². The van der Waals surface area contributed by atoms with Crippen molar-refractivity contribution >= 4 is 23.6 Å². The number of esters is 1.